The monoisotopic (exact) mass is 284 g/mol. The summed E-state index contributed by atoms with van der Waals surface area (Å²) in [5.74, 6) is 2.50. The van der Waals surface area contributed by atoms with Crippen molar-refractivity contribution in [1.29, 1.82) is 0 Å². The molecule has 0 aliphatic heterocycles. The lowest BCUT2D eigenvalue weighted by molar-refractivity contribution is 0.534. The highest BCUT2D eigenvalue weighted by Crippen LogP contribution is 2.38. The largest absolute Gasteiger partial charge is 0.383 e. The van der Waals surface area contributed by atoms with Crippen molar-refractivity contribution in [1.82, 2.24) is 14.5 Å². The molecule has 2 heterocycles. The molecule has 2 N–H and O–H groups in total. The third-order valence-electron chi connectivity index (χ3n) is 4.40. The Labute approximate surface area is 126 Å². The van der Waals surface area contributed by atoms with Gasteiger partial charge in [0.15, 0.2) is 0 Å². The third kappa shape index (κ3) is 2.55. The first-order chi connectivity index (χ1) is 10.1. The van der Waals surface area contributed by atoms with Crippen LogP contribution in [-0.4, -0.2) is 14.5 Å². The highest BCUT2D eigenvalue weighted by molar-refractivity contribution is 5.70. The van der Waals surface area contributed by atoms with Gasteiger partial charge in [-0.2, -0.15) is 0 Å². The normalized spacial score (nSPS) is 16.0. The van der Waals surface area contributed by atoms with Gasteiger partial charge in [0.25, 0.3) is 0 Å². The van der Waals surface area contributed by atoms with Crippen molar-refractivity contribution in [2.75, 3.05) is 5.73 Å². The van der Waals surface area contributed by atoms with E-state index in [0.717, 1.165) is 28.6 Å². The lowest BCUT2D eigenvalue weighted by Crippen LogP contribution is -2.11. The molecule has 2 aromatic rings. The number of nitrogens with two attached hydrogens (primary N) is 1. The molecular formula is C17H24N4. The van der Waals surface area contributed by atoms with Crippen LogP contribution in [0.15, 0.2) is 18.3 Å². The van der Waals surface area contributed by atoms with Gasteiger partial charge < -0.3 is 10.3 Å². The van der Waals surface area contributed by atoms with E-state index >= 15 is 0 Å². The predicted molar refractivity (Wildman–Crippen MR) is 86.2 cm³/mol. The molecule has 2 aromatic heterocycles. The first-order valence-corrected chi connectivity index (χ1v) is 7.88. The number of anilines is 1. The molecule has 0 saturated heterocycles. The summed E-state index contributed by atoms with van der Waals surface area (Å²) in [5.41, 5.74) is 9.32. The molecule has 0 radical (unpaired) electrons. The molecule has 1 aliphatic carbocycles. The van der Waals surface area contributed by atoms with E-state index in [1.54, 1.807) is 0 Å². The van der Waals surface area contributed by atoms with E-state index in [-0.39, 0.29) is 0 Å². The summed E-state index contributed by atoms with van der Waals surface area (Å²) in [6.07, 6.45) is 6.94. The average molecular weight is 284 g/mol. The highest BCUT2D eigenvalue weighted by atomic mass is 15.2. The van der Waals surface area contributed by atoms with E-state index in [0.29, 0.717) is 12.0 Å². The maximum Gasteiger partial charge on any atom is 0.132 e. The summed E-state index contributed by atoms with van der Waals surface area (Å²) >= 11 is 0. The molecule has 4 nitrogen and oxygen atoms in total. The van der Waals surface area contributed by atoms with Gasteiger partial charge in [0, 0.05) is 29.4 Å². The zero-order chi connectivity index (χ0) is 15.0. The molecule has 4 heteroatoms. The summed E-state index contributed by atoms with van der Waals surface area (Å²) in [7, 11) is 0. The van der Waals surface area contributed by atoms with Gasteiger partial charge in [-0.3, -0.25) is 4.98 Å². The molecule has 1 saturated carbocycles. The van der Waals surface area contributed by atoms with Crippen LogP contribution >= 0.6 is 0 Å². The predicted octanol–water partition coefficient (Wildman–Crippen LogP) is 4.07. The molecule has 0 atom stereocenters. The molecule has 0 bridgehead atoms. The Morgan fingerprint density at radius 3 is 2.52 bits per heavy atom. The Morgan fingerprint density at radius 2 is 1.95 bits per heavy atom. The summed E-state index contributed by atoms with van der Waals surface area (Å²) in [6, 6.07) is 4.41. The molecule has 3 rings (SSSR count). The molecule has 0 unspecified atom stereocenters. The van der Waals surface area contributed by atoms with E-state index in [1.807, 2.05) is 19.2 Å². The van der Waals surface area contributed by atoms with E-state index in [4.69, 9.17) is 10.7 Å². The summed E-state index contributed by atoms with van der Waals surface area (Å²) in [6.45, 7) is 6.34. The summed E-state index contributed by atoms with van der Waals surface area (Å²) in [4.78, 5) is 9.28. The molecular weight excluding hydrogens is 260 g/mol. The van der Waals surface area contributed by atoms with Gasteiger partial charge in [0.2, 0.25) is 0 Å². The van der Waals surface area contributed by atoms with Gasteiger partial charge in [-0.25, -0.2) is 4.98 Å². The van der Waals surface area contributed by atoms with Crippen LogP contribution in [0, 0.1) is 6.92 Å². The van der Waals surface area contributed by atoms with Crippen molar-refractivity contribution < 1.29 is 0 Å². The number of rotatable bonds is 3. The molecule has 112 valence electrons. The van der Waals surface area contributed by atoms with Gasteiger partial charge in [0.05, 0.1) is 0 Å². The molecule has 0 amide bonds. The second kappa shape index (κ2) is 5.51. The van der Waals surface area contributed by atoms with Crippen molar-refractivity contribution in [3.63, 3.8) is 0 Å². The fourth-order valence-corrected chi connectivity index (χ4v) is 3.30. The van der Waals surface area contributed by atoms with E-state index in [9.17, 15) is 0 Å². The SMILES string of the molecule is Cc1ccc(-c2nc(C3CCCC3)n(C(C)C)c2N)cn1. The fourth-order valence-electron chi connectivity index (χ4n) is 3.30. The number of aromatic nitrogens is 3. The highest BCUT2D eigenvalue weighted by Gasteiger charge is 2.26. The fraction of sp³-hybridized carbons (Fsp3) is 0.529. The van der Waals surface area contributed by atoms with Crippen LogP contribution in [0.4, 0.5) is 5.82 Å². The van der Waals surface area contributed by atoms with Crippen LogP contribution in [-0.2, 0) is 0 Å². The average Bonchev–Trinajstić information content (AvgIpc) is 3.07. The molecule has 21 heavy (non-hydrogen) atoms. The second-order valence-electron chi connectivity index (χ2n) is 6.34. The van der Waals surface area contributed by atoms with Crippen LogP contribution in [0.2, 0.25) is 0 Å². The molecule has 0 spiro atoms. The van der Waals surface area contributed by atoms with E-state index in [1.165, 1.54) is 25.7 Å². The van der Waals surface area contributed by atoms with Gasteiger partial charge >= 0.3 is 0 Å². The second-order valence-corrected chi connectivity index (χ2v) is 6.34. The topological polar surface area (TPSA) is 56.7 Å². The molecule has 1 aliphatic rings. The maximum atomic E-state index is 6.42. The Morgan fingerprint density at radius 1 is 1.24 bits per heavy atom. The first-order valence-electron chi connectivity index (χ1n) is 7.88. The van der Waals surface area contributed by atoms with Crippen LogP contribution < -0.4 is 5.73 Å². The summed E-state index contributed by atoms with van der Waals surface area (Å²) in [5, 5.41) is 0. The smallest absolute Gasteiger partial charge is 0.132 e. The number of nitrogen functional groups attached to an aromatic ring is 1. The molecule has 1 fully saturated rings. The van der Waals surface area contributed by atoms with Crippen molar-refractivity contribution in [2.45, 2.75) is 58.4 Å². The van der Waals surface area contributed by atoms with Gasteiger partial charge in [-0.15, -0.1) is 0 Å². The van der Waals surface area contributed by atoms with Gasteiger partial charge in [-0.05, 0) is 45.7 Å². The van der Waals surface area contributed by atoms with Crippen molar-refractivity contribution in [2.24, 2.45) is 0 Å². The first kappa shape index (κ1) is 14.1. The Balaban J connectivity index is 2.09. The number of nitrogens with zero attached hydrogens (tertiary/aromatic N) is 3. The van der Waals surface area contributed by atoms with Crippen LogP contribution in [0.25, 0.3) is 11.3 Å². The Kier molecular flexibility index (Phi) is 3.70. The number of imidazole rings is 1. The number of hydrogen-bond acceptors (Lipinski definition) is 3. The van der Waals surface area contributed by atoms with Gasteiger partial charge in [0.1, 0.15) is 17.3 Å². The van der Waals surface area contributed by atoms with Gasteiger partial charge in [-0.1, -0.05) is 12.8 Å². The third-order valence-corrected chi connectivity index (χ3v) is 4.40. The Hall–Kier alpha value is -1.84. The van der Waals surface area contributed by atoms with E-state index in [2.05, 4.69) is 29.5 Å². The van der Waals surface area contributed by atoms with Crippen LogP contribution in [0.5, 0.6) is 0 Å². The minimum atomic E-state index is 0.334. The standard InChI is InChI=1S/C17H24N4/c1-11(2)21-16(18)15(14-9-8-12(3)19-10-14)20-17(21)13-6-4-5-7-13/h8-11,13H,4-7,18H2,1-3H3. The quantitative estimate of drug-likeness (QED) is 0.924. The lowest BCUT2D eigenvalue weighted by Gasteiger charge is -2.17. The van der Waals surface area contributed by atoms with Crippen molar-refractivity contribution >= 4 is 5.82 Å². The minimum Gasteiger partial charge on any atom is -0.383 e. The van der Waals surface area contributed by atoms with Crippen molar-refractivity contribution in [3.8, 4) is 11.3 Å². The minimum absolute atomic E-state index is 0.334. The van der Waals surface area contributed by atoms with E-state index < -0.39 is 0 Å². The Bertz CT molecular complexity index is 619. The molecule has 0 aromatic carbocycles. The zero-order valence-corrected chi connectivity index (χ0v) is 13.1. The zero-order valence-electron chi connectivity index (χ0n) is 13.1. The summed E-state index contributed by atoms with van der Waals surface area (Å²) < 4.78 is 2.21. The number of pyridine rings is 1. The van der Waals surface area contributed by atoms with Crippen molar-refractivity contribution in [3.05, 3.63) is 29.8 Å². The number of hydrogen-bond donors (Lipinski definition) is 1. The lowest BCUT2D eigenvalue weighted by atomic mass is 10.1. The maximum absolute atomic E-state index is 6.42. The number of aryl methyl sites for hydroxylation is 1. The van der Waals surface area contributed by atoms with Crippen LogP contribution in [0.1, 0.15) is 63.0 Å². The van der Waals surface area contributed by atoms with Crippen LogP contribution in [0.3, 0.4) is 0 Å².